The largest absolute Gasteiger partial charge is 0.573 e. The van der Waals surface area contributed by atoms with Gasteiger partial charge in [-0.3, -0.25) is 9.59 Å². The van der Waals surface area contributed by atoms with Crippen LogP contribution in [-0.4, -0.2) is 79.3 Å². The number of benzene rings is 2. The van der Waals surface area contributed by atoms with Crippen LogP contribution >= 0.6 is 0 Å². The third-order valence-corrected chi connectivity index (χ3v) is 6.68. The first-order valence-corrected chi connectivity index (χ1v) is 12.8. The number of amides is 2. The van der Waals surface area contributed by atoms with Crippen molar-refractivity contribution in [2.45, 2.75) is 25.0 Å². The summed E-state index contributed by atoms with van der Waals surface area (Å²) in [6.45, 7) is -0.127. The highest BCUT2D eigenvalue weighted by atomic mass is 19.4. The van der Waals surface area contributed by atoms with Gasteiger partial charge in [0.2, 0.25) is 0 Å². The highest BCUT2D eigenvalue weighted by molar-refractivity contribution is 6.00. The molecule has 14 heteroatoms. The van der Waals surface area contributed by atoms with Gasteiger partial charge >= 0.3 is 18.4 Å². The van der Waals surface area contributed by atoms with E-state index in [0.717, 1.165) is 12.1 Å². The van der Waals surface area contributed by atoms with E-state index in [1.54, 1.807) is 23.6 Å². The van der Waals surface area contributed by atoms with Gasteiger partial charge in [0.05, 0.1) is 11.7 Å². The summed E-state index contributed by atoms with van der Waals surface area (Å²) in [5, 5.41) is 12.4. The number of carbonyl (C=O) groups excluding carboxylic acids is 2. The molecule has 0 saturated heterocycles. The molecular weight excluding hydrogens is 570 g/mol. The number of hydrogen-bond acceptors (Lipinski definition) is 5. The highest BCUT2D eigenvalue weighted by Gasteiger charge is 2.43. The Morgan fingerprint density at radius 3 is 2.31 bits per heavy atom. The molecule has 8 nitrogen and oxygen atoms in total. The van der Waals surface area contributed by atoms with Gasteiger partial charge in [-0.05, 0) is 62.0 Å². The zero-order chi connectivity index (χ0) is 30.8. The number of aliphatic hydroxyl groups excluding tert-OH is 1. The van der Waals surface area contributed by atoms with Crippen molar-refractivity contribution in [3.63, 3.8) is 0 Å². The Hall–Kier alpha value is -4.04. The lowest BCUT2D eigenvalue weighted by atomic mass is 10.00. The topological polar surface area (TPSA) is 87.0 Å². The van der Waals surface area contributed by atoms with Crippen molar-refractivity contribution in [3.8, 4) is 28.1 Å². The van der Waals surface area contributed by atoms with Crippen molar-refractivity contribution in [2.24, 2.45) is 0 Å². The van der Waals surface area contributed by atoms with Gasteiger partial charge in [-0.1, -0.05) is 24.3 Å². The molecule has 0 radical (unpaired) electrons. The van der Waals surface area contributed by atoms with Gasteiger partial charge in [-0.25, -0.2) is 0 Å². The van der Waals surface area contributed by atoms with E-state index in [0.29, 0.717) is 21.7 Å². The predicted octanol–water partition coefficient (Wildman–Crippen LogP) is 4.84. The molecule has 0 fully saturated rings. The molecule has 2 aromatic carbocycles. The van der Waals surface area contributed by atoms with E-state index in [1.165, 1.54) is 42.5 Å². The van der Waals surface area contributed by atoms with E-state index >= 15 is 0 Å². The first-order valence-electron chi connectivity index (χ1n) is 12.8. The van der Waals surface area contributed by atoms with Crippen molar-refractivity contribution < 1.29 is 45.8 Å². The summed E-state index contributed by atoms with van der Waals surface area (Å²) in [4.78, 5) is 27.3. The number of hydrogen-bond donors (Lipinski definition) is 2. The zero-order valence-corrected chi connectivity index (χ0v) is 22.6. The Morgan fingerprint density at radius 1 is 1.02 bits per heavy atom. The molecule has 1 aliphatic heterocycles. The molecule has 42 heavy (non-hydrogen) atoms. The van der Waals surface area contributed by atoms with Gasteiger partial charge in [-0.15, -0.1) is 13.2 Å². The van der Waals surface area contributed by atoms with Gasteiger partial charge < -0.3 is 29.5 Å². The molecule has 0 spiro atoms. The van der Waals surface area contributed by atoms with Crippen LogP contribution in [0.3, 0.4) is 0 Å². The lowest BCUT2D eigenvalue weighted by molar-refractivity contribution is -0.274. The summed E-state index contributed by atoms with van der Waals surface area (Å²) in [7, 11) is 3.31. The summed E-state index contributed by atoms with van der Waals surface area (Å²) >= 11 is 0. The van der Waals surface area contributed by atoms with Crippen molar-refractivity contribution in [1.82, 2.24) is 14.8 Å². The van der Waals surface area contributed by atoms with E-state index < -0.39 is 36.1 Å². The second kappa shape index (κ2) is 12.1. The number of halogens is 6. The first kappa shape index (κ1) is 30.9. The SMILES string of the molecule is CN(C)CCN(C(=O)C(F)(F)F)c1ccc(-c2c(-c3cccc(OC(F)(F)F)c3)cc3n2C(CCO)CNC3=O)cc1. The Labute approximate surface area is 237 Å². The summed E-state index contributed by atoms with van der Waals surface area (Å²) < 4.78 is 84.6. The molecule has 0 aliphatic carbocycles. The van der Waals surface area contributed by atoms with Crippen LogP contribution in [0.2, 0.25) is 0 Å². The zero-order valence-electron chi connectivity index (χ0n) is 22.6. The Morgan fingerprint density at radius 2 is 1.71 bits per heavy atom. The minimum Gasteiger partial charge on any atom is -0.406 e. The number of ether oxygens (including phenoxy) is 1. The molecule has 0 saturated carbocycles. The van der Waals surface area contributed by atoms with Crippen molar-refractivity contribution in [3.05, 3.63) is 60.3 Å². The number of aliphatic hydroxyl groups is 1. The number of aromatic nitrogens is 1. The maximum absolute atomic E-state index is 13.4. The molecule has 2 amide bonds. The average molecular weight is 599 g/mol. The minimum absolute atomic E-state index is 0.0138. The summed E-state index contributed by atoms with van der Waals surface area (Å²) in [6, 6.07) is 11.9. The Balaban J connectivity index is 1.85. The second-order valence-corrected chi connectivity index (χ2v) is 9.92. The number of likely N-dealkylation sites (N-methyl/N-ethyl adjacent to an activating group) is 1. The molecule has 1 atom stereocenters. The fourth-order valence-corrected chi connectivity index (χ4v) is 4.83. The molecule has 0 bridgehead atoms. The third-order valence-electron chi connectivity index (χ3n) is 6.68. The quantitative estimate of drug-likeness (QED) is 0.344. The lowest BCUT2D eigenvalue weighted by Gasteiger charge is -2.29. The number of nitrogens with one attached hydrogen (secondary N) is 1. The van der Waals surface area contributed by atoms with Gasteiger partial charge in [-0.2, -0.15) is 13.2 Å². The fraction of sp³-hybridized carbons (Fsp3) is 0.357. The fourth-order valence-electron chi connectivity index (χ4n) is 4.83. The molecule has 4 rings (SSSR count). The summed E-state index contributed by atoms with van der Waals surface area (Å²) in [6.07, 6.45) is -9.80. The molecule has 1 unspecified atom stereocenters. The Kier molecular flexibility index (Phi) is 8.87. The van der Waals surface area contributed by atoms with E-state index in [-0.39, 0.29) is 49.6 Å². The van der Waals surface area contributed by atoms with E-state index in [4.69, 9.17) is 0 Å². The highest BCUT2D eigenvalue weighted by Crippen LogP contribution is 2.41. The van der Waals surface area contributed by atoms with E-state index in [2.05, 4.69) is 10.1 Å². The van der Waals surface area contributed by atoms with Crippen LogP contribution in [0.25, 0.3) is 22.4 Å². The molecule has 2 N–H and O–H groups in total. The number of carbonyl (C=O) groups is 2. The normalized spacial score (nSPS) is 15.4. The van der Waals surface area contributed by atoms with E-state index in [9.17, 15) is 41.0 Å². The molecule has 1 aliphatic rings. The lowest BCUT2D eigenvalue weighted by Crippen LogP contribution is -2.44. The predicted molar refractivity (Wildman–Crippen MR) is 142 cm³/mol. The van der Waals surface area contributed by atoms with Gasteiger partial charge in [0.25, 0.3) is 5.91 Å². The van der Waals surface area contributed by atoms with Crippen LogP contribution in [0.4, 0.5) is 32.0 Å². The smallest absolute Gasteiger partial charge is 0.406 e. The number of anilines is 1. The maximum atomic E-state index is 13.4. The van der Waals surface area contributed by atoms with Crippen LogP contribution < -0.4 is 15.0 Å². The molecule has 1 aromatic heterocycles. The van der Waals surface area contributed by atoms with Gasteiger partial charge in [0, 0.05) is 37.5 Å². The van der Waals surface area contributed by atoms with Crippen LogP contribution in [0.5, 0.6) is 5.75 Å². The number of fused-ring (bicyclic) bond motifs is 1. The molecule has 2 heterocycles. The standard InChI is InChI=1S/C28H28F6N4O4/c1-36(2)11-12-37(26(41)27(29,30)31)19-8-6-17(7-9-19)24-22(18-4-3-5-21(14-18)42-28(32,33)34)15-23-25(40)35-16-20(10-13-39)38(23)24/h3-9,14-15,20,39H,10-13,16H2,1-2H3,(H,35,40). The van der Waals surface area contributed by atoms with Crippen LogP contribution in [-0.2, 0) is 4.79 Å². The number of nitrogens with zero attached hydrogens (tertiary/aromatic N) is 3. The average Bonchev–Trinajstić information content (AvgIpc) is 3.31. The van der Waals surface area contributed by atoms with E-state index in [1.807, 2.05) is 0 Å². The van der Waals surface area contributed by atoms with Crippen LogP contribution in [0, 0.1) is 0 Å². The molecular formula is C28H28F6N4O4. The van der Waals surface area contributed by atoms with Gasteiger partial charge in [0.15, 0.2) is 0 Å². The monoisotopic (exact) mass is 598 g/mol. The second-order valence-electron chi connectivity index (χ2n) is 9.92. The Bertz CT molecular complexity index is 1430. The first-order chi connectivity index (χ1) is 19.7. The summed E-state index contributed by atoms with van der Waals surface area (Å²) in [5.41, 5.74) is 1.65. The third kappa shape index (κ3) is 6.87. The summed E-state index contributed by atoms with van der Waals surface area (Å²) in [5.74, 6) is -2.95. The minimum atomic E-state index is -5.10. The van der Waals surface area contributed by atoms with Crippen molar-refractivity contribution in [1.29, 1.82) is 0 Å². The number of alkyl halides is 6. The van der Waals surface area contributed by atoms with Crippen LogP contribution in [0.15, 0.2) is 54.6 Å². The van der Waals surface area contributed by atoms with Crippen molar-refractivity contribution >= 4 is 17.5 Å². The number of rotatable bonds is 9. The van der Waals surface area contributed by atoms with Crippen LogP contribution in [0.1, 0.15) is 23.0 Å². The van der Waals surface area contributed by atoms with Gasteiger partial charge in [0.1, 0.15) is 11.4 Å². The maximum Gasteiger partial charge on any atom is 0.573 e. The van der Waals surface area contributed by atoms with Crippen molar-refractivity contribution in [2.75, 3.05) is 45.2 Å². The molecule has 226 valence electrons. The molecule has 3 aromatic rings.